The Hall–Kier alpha value is -2.02. The average molecular weight is 217 g/mol. The van der Waals surface area contributed by atoms with Crippen molar-refractivity contribution in [2.24, 2.45) is 5.73 Å². The number of H-pyrrole nitrogens is 1. The van der Waals surface area contributed by atoms with Gasteiger partial charge in [0.05, 0.1) is 6.33 Å². The van der Waals surface area contributed by atoms with Crippen molar-refractivity contribution in [2.45, 2.75) is 12.8 Å². The number of aryl methyl sites for hydroxylation is 1. The minimum absolute atomic E-state index is 0.647. The molecule has 3 aromatic rings. The van der Waals surface area contributed by atoms with E-state index in [9.17, 15) is 0 Å². The van der Waals surface area contributed by atoms with Crippen molar-refractivity contribution in [2.75, 3.05) is 6.54 Å². The topological polar surface area (TPSA) is 97.8 Å². The van der Waals surface area contributed by atoms with Gasteiger partial charge in [-0.2, -0.15) is 0 Å². The zero-order valence-corrected chi connectivity index (χ0v) is 8.59. The number of rotatable bonds is 3. The lowest BCUT2D eigenvalue weighted by atomic mass is 10.3. The monoisotopic (exact) mass is 217 g/mol. The molecule has 0 atom stereocenters. The summed E-state index contributed by atoms with van der Waals surface area (Å²) in [5.41, 5.74) is 7.70. The Kier molecular flexibility index (Phi) is 2.03. The van der Waals surface area contributed by atoms with Crippen LogP contribution in [0, 0.1) is 0 Å². The molecule has 3 N–H and O–H groups in total. The quantitative estimate of drug-likeness (QED) is 0.638. The van der Waals surface area contributed by atoms with Crippen molar-refractivity contribution < 1.29 is 0 Å². The maximum Gasteiger partial charge on any atom is 0.189 e. The second kappa shape index (κ2) is 3.53. The molecule has 0 aliphatic heterocycles. The highest BCUT2D eigenvalue weighted by Crippen LogP contribution is 2.13. The van der Waals surface area contributed by atoms with Gasteiger partial charge in [0.2, 0.25) is 0 Å². The second-order valence-electron chi connectivity index (χ2n) is 3.55. The third kappa shape index (κ3) is 1.25. The van der Waals surface area contributed by atoms with E-state index in [1.807, 2.05) is 4.40 Å². The van der Waals surface area contributed by atoms with Gasteiger partial charge in [0.15, 0.2) is 11.3 Å². The highest BCUT2D eigenvalue weighted by Gasteiger charge is 2.10. The number of nitrogens with zero attached hydrogens (tertiary/aromatic N) is 5. The van der Waals surface area contributed by atoms with Crippen LogP contribution in [0.4, 0.5) is 0 Å². The number of hydrogen-bond acceptors (Lipinski definition) is 5. The van der Waals surface area contributed by atoms with Crippen molar-refractivity contribution in [3.05, 3.63) is 18.5 Å². The van der Waals surface area contributed by atoms with Gasteiger partial charge in [-0.25, -0.2) is 9.97 Å². The van der Waals surface area contributed by atoms with E-state index in [-0.39, 0.29) is 0 Å². The summed E-state index contributed by atoms with van der Waals surface area (Å²) in [4.78, 5) is 11.3. The summed E-state index contributed by atoms with van der Waals surface area (Å²) in [6.45, 7) is 0.647. The zero-order chi connectivity index (χ0) is 11.0. The Balaban J connectivity index is 2.18. The first-order valence-corrected chi connectivity index (χ1v) is 5.12. The third-order valence-electron chi connectivity index (χ3n) is 2.51. The lowest BCUT2D eigenvalue weighted by Crippen LogP contribution is -2.03. The van der Waals surface area contributed by atoms with Crippen LogP contribution in [0.25, 0.3) is 16.8 Å². The SMILES string of the molecule is NCCCc1nnc2c3[nH]cnc3ncn12. The minimum Gasteiger partial charge on any atom is -0.340 e. The lowest BCUT2D eigenvalue weighted by molar-refractivity contribution is 0.767. The van der Waals surface area contributed by atoms with Crippen LogP contribution in [0.5, 0.6) is 0 Å². The summed E-state index contributed by atoms with van der Waals surface area (Å²) in [6.07, 6.45) is 5.00. The van der Waals surface area contributed by atoms with E-state index in [2.05, 4.69) is 25.1 Å². The summed E-state index contributed by atoms with van der Waals surface area (Å²) in [5.74, 6) is 0.879. The van der Waals surface area contributed by atoms with Gasteiger partial charge in [0.1, 0.15) is 17.7 Å². The number of hydrogen-bond donors (Lipinski definition) is 2. The highest BCUT2D eigenvalue weighted by molar-refractivity contribution is 5.84. The van der Waals surface area contributed by atoms with Gasteiger partial charge in [-0.3, -0.25) is 4.40 Å². The highest BCUT2D eigenvalue weighted by atomic mass is 15.3. The molecule has 82 valence electrons. The molecule has 0 aromatic carbocycles. The van der Waals surface area contributed by atoms with E-state index in [0.717, 1.165) is 29.8 Å². The molecule has 0 saturated heterocycles. The molecule has 3 rings (SSSR count). The molecular formula is C9H11N7. The van der Waals surface area contributed by atoms with Gasteiger partial charge >= 0.3 is 0 Å². The van der Waals surface area contributed by atoms with E-state index in [1.165, 1.54) is 0 Å². The molecule has 0 aliphatic rings. The number of aromatic amines is 1. The van der Waals surface area contributed by atoms with Crippen LogP contribution in [0.3, 0.4) is 0 Å². The maximum absolute atomic E-state index is 5.47. The first-order chi connectivity index (χ1) is 7.90. The molecule has 0 radical (unpaired) electrons. The zero-order valence-electron chi connectivity index (χ0n) is 8.59. The van der Waals surface area contributed by atoms with Crippen molar-refractivity contribution in [1.82, 2.24) is 29.5 Å². The average Bonchev–Trinajstić information content (AvgIpc) is 2.91. The Morgan fingerprint density at radius 1 is 1.31 bits per heavy atom. The number of imidazole rings is 1. The van der Waals surface area contributed by atoms with Crippen molar-refractivity contribution in [1.29, 1.82) is 0 Å². The molecule has 0 bridgehead atoms. The molecule has 0 aliphatic carbocycles. The minimum atomic E-state index is 0.647. The number of nitrogens with two attached hydrogens (primary N) is 1. The van der Waals surface area contributed by atoms with Crippen LogP contribution >= 0.6 is 0 Å². The predicted octanol–water partition coefficient (Wildman–Crippen LogP) is -0.108. The molecule has 7 heteroatoms. The fourth-order valence-electron chi connectivity index (χ4n) is 1.71. The molecule has 0 unspecified atom stereocenters. The number of fused-ring (bicyclic) bond motifs is 3. The molecule has 0 fully saturated rings. The molecule has 7 nitrogen and oxygen atoms in total. The van der Waals surface area contributed by atoms with Crippen LogP contribution in [-0.4, -0.2) is 36.1 Å². The van der Waals surface area contributed by atoms with Crippen LogP contribution in [0.15, 0.2) is 12.7 Å². The fraction of sp³-hybridized carbons (Fsp3) is 0.333. The third-order valence-corrected chi connectivity index (χ3v) is 2.51. The smallest absolute Gasteiger partial charge is 0.189 e. The fourth-order valence-corrected chi connectivity index (χ4v) is 1.71. The summed E-state index contributed by atoms with van der Waals surface area (Å²) < 4.78 is 1.87. The first kappa shape index (κ1) is 9.22. The van der Waals surface area contributed by atoms with Crippen molar-refractivity contribution >= 4 is 16.8 Å². The van der Waals surface area contributed by atoms with Crippen molar-refractivity contribution in [3.8, 4) is 0 Å². The first-order valence-electron chi connectivity index (χ1n) is 5.12. The Morgan fingerprint density at radius 2 is 2.25 bits per heavy atom. The van der Waals surface area contributed by atoms with E-state index in [4.69, 9.17) is 5.73 Å². The predicted molar refractivity (Wildman–Crippen MR) is 57.8 cm³/mol. The van der Waals surface area contributed by atoms with E-state index >= 15 is 0 Å². The van der Waals surface area contributed by atoms with Gasteiger partial charge in [-0.15, -0.1) is 10.2 Å². The Morgan fingerprint density at radius 3 is 3.12 bits per heavy atom. The molecule has 0 saturated carbocycles. The number of nitrogens with one attached hydrogen (secondary N) is 1. The van der Waals surface area contributed by atoms with Crippen LogP contribution in [-0.2, 0) is 6.42 Å². The van der Waals surface area contributed by atoms with Gasteiger partial charge in [0, 0.05) is 6.42 Å². The van der Waals surface area contributed by atoms with Crippen molar-refractivity contribution in [3.63, 3.8) is 0 Å². The molecule has 3 heterocycles. The Bertz CT molecular complexity index is 623. The second-order valence-corrected chi connectivity index (χ2v) is 3.55. The van der Waals surface area contributed by atoms with Gasteiger partial charge in [0.25, 0.3) is 0 Å². The maximum atomic E-state index is 5.47. The molecule has 0 amide bonds. The summed E-state index contributed by atoms with van der Waals surface area (Å²) in [5, 5.41) is 8.27. The van der Waals surface area contributed by atoms with Crippen LogP contribution in [0.2, 0.25) is 0 Å². The largest absolute Gasteiger partial charge is 0.340 e. The van der Waals surface area contributed by atoms with Gasteiger partial charge in [-0.1, -0.05) is 0 Å². The van der Waals surface area contributed by atoms with Crippen LogP contribution < -0.4 is 5.73 Å². The molecule has 16 heavy (non-hydrogen) atoms. The Labute approximate surface area is 90.7 Å². The van der Waals surface area contributed by atoms with Crippen LogP contribution in [0.1, 0.15) is 12.2 Å². The van der Waals surface area contributed by atoms with E-state index in [1.54, 1.807) is 12.7 Å². The standard InChI is InChI=1S/C9H11N7/c10-3-1-2-6-14-15-9-7-8(12-4-11-7)13-5-16(6)9/h4-5H,1-3,10H2,(H,11,12). The summed E-state index contributed by atoms with van der Waals surface area (Å²) in [6, 6.07) is 0. The van der Waals surface area contributed by atoms with Gasteiger partial charge in [-0.05, 0) is 13.0 Å². The molecule has 0 spiro atoms. The summed E-state index contributed by atoms with van der Waals surface area (Å²) in [7, 11) is 0. The lowest BCUT2D eigenvalue weighted by Gasteiger charge is -1.97. The van der Waals surface area contributed by atoms with E-state index < -0.39 is 0 Å². The number of aromatic nitrogens is 6. The van der Waals surface area contributed by atoms with E-state index in [0.29, 0.717) is 12.2 Å². The molecule has 3 aromatic heterocycles. The normalized spacial score (nSPS) is 11.6. The summed E-state index contributed by atoms with van der Waals surface area (Å²) >= 11 is 0. The van der Waals surface area contributed by atoms with Gasteiger partial charge < -0.3 is 10.7 Å². The molecular weight excluding hydrogens is 206 g/mol.